The van der Waals surface area contributed by atoms with E-state index in [0.29, 0.717) is 12.4 Å². The summed E-state index contributed by atoms with van der Waals surface area (Å²) in [5.41, 5.74) is 0.722. The number of nitro benzene ring substituents is 1. The molecule has 0 saturated carbocycles. The molecule has 20 heavy (non-hydrogen) atoms. The van der Waals surface area contributed by atoms with Crippen LogP contribution in [0.4, 0.5) is 5.69 Å². The minimum atomic E-state index is -0.587. The summed E-state index contributed by atoms with van der Waals surface area (Å²) in [6.45, 7) is 0.322. The summed E-state index contributed by atoms with van der Waals surface area (Å²) < 4.78 is 6.47. The fourth-order valence-corrected chi connectivity index (χ4v) is 2.09. The lowest BCUT2D eigenvalue weighted by atomic mass is 10.2. The molecule has 0 amide bonds. The van der Waals surface area contributed by atoms with Gasteiger partial charge in [-0.25, -0.2) is 0 Å². The van der Waals surface area contributed by atoms with Crippen LogP contribution in [-0.2, 0) is 6.61 Å². The minimum absolute atomic E-state index is 0.0123. The maximum Gasteiger partial charge on any atom is 0.287 e. The van der Waals surface area contributed by atoms with Crippen molar-refractivity contribution in [2.24, 2.45) is 0 Å². The van der Waals surface area contributed by atoms with E-state index in [9.17, 15) is 10.1 Å². The van der Waals surface area contributed by atoms with Crippen LogP contribution in [-0.4, -0.2) is 4.92 Å². The number of benzene rings is 2. The number of ether oxygens (including phenoxy) is 1. The Kier molecular flexibility index (Phi) is 4.33. The Hall–Kier alpha value is -2.39. The van der Waals surface area contributed by atoms with Crippen molar-refractivity contribution in [3.63, 3.8) is 0 Å². The van der Waals surface area contributed by atoms with Crippen molar-refractivity contribution in [3.05, 3.63) is 68.2 Å². The van der Waals surface area contributed by atoms with E-state index in [4.69, 9.17) is 10.00 Å². The molecule has 0 aromatic heterocycles. The quantitative estimate of drug-likeness (QED) is 0.630. The average Bonchev–Trinajstić information content (AvgIpc) is 2.44. The van der Waals surface area contributed by atoms with Crippen LogP contribution in [0.15, 0.2) is 46.9 Å². The smallest absolute Gasteiger partial charge is 0.287 e. The summed E-state index contributed by atoms with van der Waals surface area (Å²) >= 11 is 3.36. The molecule has 0 atom stereocenters. The molecule has 5 nitrogen and oxygen atoms in total. The standard InChI is InChI=1S/C14H9BrN2O3/c15-12-3-1-2-10(6-12)9-20-13-4-5-14(17(18)19)11(7-13)8-16/h1-7H,9H2. The molecule has 2 rings (SSSR count). The van der Waals surface area contributed by atoms with Crippen molar-refractivity contribution in [2.75, 3.05) is 0 Å². The van der Waals surface area contributed by atoms with Crippen LogP contribution in [0, 0.1) is 21.4 Å². The van der Waals surface area contributed by atoms with Crippen LogP contribution in [0.5, 0.6) is 5.75 Å². The third kappa shape index (κ3) is 3.33. The van der Waals surface area contributed by atoms with E-state index in [0.717, 1.165) is 10.0 Å². The summed E-state index contributed by atoms with van der Waals surface area (Å²) in [6, 6.07) is 13.5. The largest absolute Gasteiger partial charge is 0.489 e. The number of rotatable bonds is 4. The topological polar surface area (TPSA) is 76.2 Å². The van der Waals surface area contributed by atoms with E-state index in [2.05, 4.69) is 15.9 Å². The molecule has 0 fully saturated rings. The zero-order chi connectivity index (χ0) is 14.5. The average molecular weight is 333 g/mol. The maximum atomic E-state index is 10.7. The van der Waals surface area contributed by atoms with Crippen molar-refractivity contribution < 1.29 is 9.66 Å². The first kappa shape index (κ1) is 14.0. The molecular formula is C14H9BrN2O3. The normalized spacial score (nSPS) is 9.80. The first-order valence-corrected chi connectivity index (χ1v) is 6.45. The van der Waals surface area contributed by atoms with Gasteiger partial charge in [0.1, 0.15) is 24.0 Å². The Balaban J connectivity index is 2.15. The van der Waals surface area contributed by atoms with E-state index in [1.165, 1.54) is 18.2 Å². The number of hydrogen-bond acceptors (Lipinski definition) is 4. The highest BCUT2D eigenvalue weighted by molar-refractivity contribution is 9.10. The van der Waals surface area contributed by atoms with Crippen LogP contribution in [0.3, 0.4) is 0 Å². The summed E-state index contributed by atoms with van der Waals surface area (Å²) in [5.74, 6) is 0.423. The Morgan fingerprint density at radius 2 is 2.10 bits per heavy atom. The molecular weight excluding hydrogens is 324 g/mol. The summed E-state index contributed by atoms with van der Waals surface area (Å²) in [5, 5.41) is 19.6. The van der Waals surface area contributed by atoms with Crippen molar-refractivity contribution >= 4 is 21.6 Å². The number of nitrogens with zero attached hydrogens (tertiary/aromatic N) is 2. The molecule has 2 aromatic rings. The lowest BCUT2D eigenvalue weighted by molar-refractivity contribution is -0.385. The van der Waals surface area contributed by atoms with Crippen molar-refractivity contribution in [1.29, 1.82) is 5.26 Å². The van der Waals surface area contributed by atoms with Gasteiger partial charge in [-0.05, 0) is 23.8 Å². The Labute approximate surface area is 123 Å². The van der Waals surface area contributed by atoms with Crippen LogP contribution in [0.2, 0.25) is 0 Å². The molecule has 0 radical (unpaired) electrons. The third-order valence-electron chi connectivity index (χ3n) is 2.58. The van der Waals surface area contributed by atoms with Gasteiger partial charge < -0.3 is 4.74 Å². The van der Waals surface area contributed by atoms with Crippen molar-refractivity contribution in [1.82, 2.24) is 0 Å². The highest BCUT2D eigenvalue weighted by Gasteiger charge is 2.14. The first-order chi connectivity index (χ1) is 9.60. The molecule has 0 unspecified atom stereocenters. The fraction of sp³-hybridized carbons (Fsp3) is 0.0714. The van der Waals surface area contributed by atoms with Crippen molar-refractivity contribution in [3.8, 4) is 11.8 Å². The zero-order valence-electron chi connectivity index (χ0n) is 10.2. The minimum Gasteiger partial charge on any atom is -0.489 e. The van der Waals surface area contributed by atoms with E-state index in [1.54, 1.807) is 6.07 Å². The lowest BCUT2D eigenvalue weighted by Crippen LogP contribution is -1.97. The molecule has 0 saturated heterocycles. The van der Waals surface area contributed by atoms with Crippen LogP contribution in [0.25, 0.3) is 0 Å². The van der Waals surface area contributed by atoms with Gasteiger partial charge in [0.25, 0.3) is 5.69 Å². The van der Waals surface area contributed by atoms with Crippen LogP contribution < -0.4 is 4.74 Å². The third-order valence-corrected chi connectivity index (χ3v) is 3.07. The molecule has 2 aromatic carbocycles. The molecule has 0 heterocycles. The summed E-state index contributed by atoms with van der Waals surface area (Å²) in [7, 11) is 0. The van der Waals surface area contributed by atoms with Gasteiger partial charge in [0.2, 0.25) is 0 Å². The number of nitriles is 1. The van der Waals surface area contributed by atoms with Gasteiger partial charge in [-0.3, -0.25) is 10.1 Å². The molecule has 0 N–H and O–H groups in total. The molecule has 0 aliphatic rings. The van der Waals surface area contributed by atoms with Crippen LogP contribution in [0.1, 0.15) is 11.1 Å². The van der Waals surface area contributed by atoms with E-state index in [-0.39, 0.29) is 11.3 Å². The molecule has 100 valence electrons. The monoisotopic (exact) mass is 332 g/mol. The Morgan fingerprint density at radius 1 is 1.30 bits per heavy atom. The van der Waals surface area contributed by atoms with E-state index < -0.39 is 4.92 Å². The predicted octanol–water partition coefficient (Wildman–Crippen LogP) is 3.81. The number of nitro groups is 1. The fourth-order valence-electron chi connectivity index (χ4n) is 1.65. The van der Waals surface area contributed by atoms with Gasteiger partial charge in [0.15, 0.2) is 0 Å². The highest BCUT2D eigenvalue weighted by Crippen LogP contribution is 2.24. The van der Waals surface area contributed by atoms with Gasteiger partial charge in [-0.2, -0.15) is 5.26 Å². The second-order valence-corrected chi connectivity index (χ2v) is 4.88. The molecule has 0 spiro atoms. The SMILES string of the molecule is N#Cc1cc(OCc2cccc(Br)c2)ccc1[N+](=O)[O-]. The molecule has 0 bridgehead atoms. The van der Waals surface area contributed by atoms with Gasteiger partial charge in [-0.15, -0.1) is 0 Å². The maximum absolute atomic E-state index is 10.7. The number of hydrogen-bond donors (Lipinski definition) is 0. The summed E-state index contributed by atoms with van der Waals surface area (Å²) in [4.78, 5) is 10.1. The lowest BCUT2D eigenvalue weighted by Gasteiger charge is -2.07. The molecule has 6 heteroatoms. The Morgan fingerprint density at radius 3 is 2.75 bits per heavy atom. The van der Waals surface area contributed by atoms with Crippen molar-refractivity contribution in [2.45, 2.75) is 6.61 Å². The van der Waals surface area contributed by atoms with Gasteiger partial charge in [0.05, 0.1) is 4.92 Å². The Bertz CT molecular complexity index is 695. The molecule has 0 aliphatic heterocycles. The van der Waals surface area contributed by atoms with Crippen LogP contribution >= 0.6 is 15.9 Å². The van der Waals surface area contributed by atoms with Gasteiger partial charge >= 0.3 is 0 Å². The zero-order valence-corrected chi connectivity index (χ0v) is 11.8. The van der Waals surface area contributed by atoms with E-state index in [1.807, 2.05) is 24.3 Å². The second-order valence-electron chi connectivity index (χ2n) is 3.97. The van der Waals surface area contributed by atoms with Gasteiger partial charge in [-0.1, -0.05) is 28.1 Å². The predicted molar refractivity (Wildman–Crippen MR) is 76.3 cm³/mol. The second kappa shape index (κ2) is 6.17. The molecule has 0 aliphatic carbocycles. The van der Waals surface area contributed by atoms with Gasteiger partial charge in [0, 0.05) is 16.6 Å². The summed E-state index contributed by atoms with van der Waals surface area (Å²) in [6.07, 6.45) is 0. The van der Waals surface area contributed by atoms with E-state index >= 15 is 0 Å². The highest BCUT2D eigenvalue weighted by atomic mass is 79.9. The number of halogens is 1. The first-order valence-electron chi connectivity index (χ1n) is 5.66.